The molecule has 120 valence electrons. The Morgan fingerprint density at radius 2 is 2.14 bits per heavy atom. The van der Waals surface area contributed by atoms with Crippen molar-refractivity contribution in [2.24, 2.45) is 0 Å². The van der Waals surface area contributed by atoms with Crippen LogP contribution in [0.15, 0.2) is 18.2 Å². The van der Waals surface area contributed by atoms with Gasteiger partial charge in [-0.05, 0) is 24.6 Å². The maximum absolute atomic E-state index is 13.6. The number of amides is 1. The van der Waals surface area contributed by atoms with Gasteiger partial charge in [0.25, 0.3) is 0 Å². The van der Waals surface area contributed by atoms with E-state index in [0.717, 1.165) is 18.2 Å². The van der Waals surface area contributed by atoms with Gasteiger partial charge in [-0.2, -0.15) is 0 Å². The Hall–Kier alpha value is -2.02. The van der Waals surface area contributed by atoms with E-state index in [1.165, 1.54) is 12.0 Å². The molecule has 0 bridgehead atoms. The molecule has 0 radical (unpaired) electrons. The van der Waals surface area contributed by atoms with E-state index in [1.807, 2.05) is 0 Å². The van der Waals surface area contributed by atoms with Crippen LogP contribution in [-0.4, -0.2) is 47.7 Å². The number of ether oxygens (including phenoxy) is 1. The number of carboxylic acid groups (broad SMARTS) is 1. The highest BCUT2D eigenvalue weighted by atomic mass is 19.1. The van der Waals surface area contributed by atoms with E-state index < -0.39 is 29.6 Å². The van der Waals surface area contributed by atoms with Gasteiger partial charge in [-0.25, -0.2) is 8.78 Å². The van der Waals surface area contributed by atoms with Crippen LogP contribution >= 0.6 is 0 Å². The fraction of sp³-hybridized carbons (Fsp3) is 0.467. The van der Waals surface area contributed by atoms with E-state index in [-0.39, 0.29) is 31.1 Å². The van der Waals surface area contributed by atoms with Crippen LogP contribution in [-0.2, 0) is 20.7 Å². The Balaban J connectivity index is 2.12. The summed E-state index contributed by atoms with van der Waals surface area (Å²) < 4.78 is 31.9. The molecule has 1 aromatic carbocycles. The van der Waals surface area contributed by atoms with E-state index in [4.69, 9.17) is 9.84 Å². The molecule has 7 heteroatoms. The number of rotatable bonds is 5. The third-order valence-electron chi connectivity index (χ3n) is 3.79. The average molecular weight is 313 g/mol. The monoisotopic (exact) mass is 313 g/mol. The van der Waals surface area contributed by atoms with Crippen molar-refractivity contribution in [3.8, 4) is 0 Å². The van der Waals surface area contributed by atoms with E-state index in [1.54, 1.807) is 0 Å². The van der Waals surface area contributed by atoms with Gasteiger partial charge in [0.1, 0.15) is 11.6 Å². The SMILES string of the molecule is COC1CC(CC(=O)O)N(C(=O)Cc2cc(F)ccc2F)C1. The molecule has 2 unspecified atom stereocenters. The number of benzene rings is 1. The zero-order chi connectivity index (χ0) is 16.3. The van der Waals surface area contributed by atoms with Crippen LogP contribution in [0.4, 0.5) is 8.78 Å². The highest BCUT2D eigenvalue weighted by molar-refractivity contribution is 5.80. The highest BCUT2D eigenvalue weighted by Gasteiger charge is 2.36. The Bertz CT molecular complexity index is 579. The minimum Gasteiger partial charge on any atom is -0.481 e. The normalized spacial score (nSPS) is 21.1. The Labute approximate surface area is 126 Å². The van der Waals surface area contributed by atoms with Crippen LogP contribution in [0.2, 0.25) is 0 Å². The fourth-order valence-corrected chi connectivity index (χ4v) is 2.69. The maximum Gasteiger partial charge on any atom is 0.305 e. The zero-order valence-corrected chi connectivity index (χ0v) is 12.1. The summed E-state index contributed by atoms with van der Waals surface area (Å²) in [4.78, 5) is 24.6. The second kappa shape index (κ2) is 6.83. The van der Waals surface area contributed by atoms with Crippen LogP contribution < -0.4 is 0 Å². The quantitative estimate of drug-likeness (QED) is 0.896. The van der Waals surface area contributed by atoms with E-state index in [2.05, 4.69) is 0 Å². The minimum atomic E-state index is -1.02. The number of hydrogen-bond donors (Lipinski definition) is 1. The lowest BCUT2D eigenvalue weighted by molar-refractivity contribution is -0.139. The van der Waals surface area contributed by atoms with Crippen molar-refractivity contribution in [1.29, 1.82) is 0 Å². The topological polar surface area (TPSA) is 66.8 Å². The van der Waals surface area contributed by atoms with Gasteiger partial charge in [0, 0.05) is 25.3 Å². The smallest absolute Gasteiger partial charge is 0.305 e. The summed E-state index contributed by atoms with van der Waals surface area (Å²) >= 11 is 0. The van der Waals surface area contributed by atoms with Crippen LogP contribution in [0.1, 0.15) is 18.4 Å². The first-order valence-electron chi connectivity index (χ1n) is 6.88. The predicted molar refractivity (Wildman–Crippen MR) is 73.2 cm³/mol. The summed E-state index contributed by atoms with van der Waals surface area (Å²) in [6.07, 6.45) is -0.334. The third kappa shape index (κ3) is 3.79. The van der Waals surface area contributed by atoms with Crippen molar-refractivity contribution in [1.82, 2.24) is 4.90 Å². The molecule has 0 aromatic heterocycles. The summed E-state index contributed by atoms with van der Waals surface area (Å²) in [6.45, 7) is 0.254. The van der Waals surface area contributed by atoms with Gasteiger partial charge in [0.05, 0.1) is 18.9 Å². The Morgan fingerprint density at radius 3 is 2.77 bits per heavy atom. The first-order valence-corrected chi connectivity index (χ1v) is 6.88. The van der Waals surface area contributed by atoms with Gasteiger partial charge in [-0.15, -0.1) is 0 Å². The molecule has 1 fully saturated rings. The summed E-state index contributed by atoms with van der Waals surface area (Å²) in [5, 5.41) is 8.91. The number of nitrogens with zero attached hydrogens (tertiary/aromatic N) is 1. The number of halogens is 2. The molecule has 1 aliphatic rings. The molecule has 1 amide bonds. The predicted octanol–water partition coefficient (Wildman–Crippen LogP) is 1.60. The van der Waals surface area contributed by atoms with Crippen molar-refractivity contribution in [2.45, 2.75) is 31.4 Å². The maximum atomic E-state index is 13.6. The molecule has 1 aromatic rings. The third-order valence-corrected chi connectivity index (χ3v) is 3.79. The Morgan fingerprint density at radius 1 is 1.41 bits per heavy atom. The van der Waals surface area contributed by atoms with Gasteiger partial charge in [0.2, 0.25) is 5.91 Å². The summed E-state index contributed by atoms with van der Waals surface area (Å²) in [5.41, 5.74) is -0.0417. The lowest BCUT2D eigenvalue weighted by Gasteiger charge is -2.23. The first-order chi connectivity index (χ1) is 10.4. The first kappa shape index (κ1) is 16.4. The molecule has 0 saturated carbocycles. The summed E-state index contributed by atoms with van der Waals surface area (Å²) in [7, 11) is 1.49. The van der Waals surface area contributed by atoms with Crippen molar-refractivity contribution in [3.63, 3.8) is 0 Å². The van der Waals surface area contributed by atoms with Gasteiger partial charge in [-0.1, -0.05) is 0 Å². The molecule has 0 spiro atoms. The fourth-order valence-electron chi connectivity index (χ4n) is 2.69. The van der Waals surface area contributed by atoms with Gasteiger partial charge in [0.15, 0.2) is 0 Å². The number of hydrogen-bond acceptors (Lipinski definition) is 3. The molecular weight excluding hydrogens is 296 g/mol. The molecule has 1 saturated heterocycles. The number of likely N-dealkylation sites (tertiary alicyclic amines) is 1. The molecule has 2 rings (SSSR count). The van der Waals surface area contributed by atoms with Crippen molar-refractivity contribution in [2.75, 3.05) is 13.7 Å². The molecule has 1 aliphatic heterocycles. The largest absolute Gasteiger partial charge is 0.481 e. The number of aliphatic carboxylic acids is 1. The molecule has 2 atom stereocenters. The van der Waals surface area contributed by atoms with Crippen molar-refractivity contribution < 1.29 is 28.2 Å². The van der Waals surface area contributed by atoms with E-state index in [9.17, 15) is 18.4 Å². The van der Waals surface area contributed by atoms with E-state index >= 15 is 0 Å². The van der Waals surface area contributed by atoms with Crippen LogP contribution in [0.5, 0.6) is 0 Å². The highest BCUT2D eigenvalue weighted by Crippen LogP contribution is 2.24. The molecule has 0 aliphatic carbocycles. The minimum absolute atomic E-state index is 0.0417. The molecular formula is C15H17F2NO4. The number of carboxylic acids is 1. The standard InChI is InChI=1S/C15H17F2NO4/c1-22-12-6-11(7-15(20)21)18(8-12)14(19)5-9-4-10(16)2-3-13(9)17/h2-4,11-12H,5-8H2,1H3,(H,20,21). The average Bonchev–Trinajstić information content (AvgIpc) is 2.85. The van der Waals surface area contributed by atoms with Crippen molar-refractivity contribution >= 4 is 11.9 Å². The lowest BCUT2D eigenvalue weighted by atomic mass is 10.1. The summed E-state index contributed by atoms with van der Waals surface area (Å²) in [6, 6.07) is 2.43. The van der Waals surface area contributed by atoms with Crippen LogP contribution in [0.3, 0.4) is 0 Å². The van der Waals surface area contributed by atoms with Crippen LogP contribution in [0, 0.1) is 11.6 Å². The van der Waals surface area contributed by atoms with Crippen LogP contribution in [0.25, 0.3) is 0 Å². The zero-order valence-electron chi connectivity index (χ0n) is 12.1. The molecule has 22 heavy (non-hydrogen) atoms. The number of carbonyl (C=O) groups excluding carboxylic acids is 1. The Kier molecular flexibility index (Phi) is 5.07. The van der Waals surface area contributed by atoms with Gasteiger partial charge < -0.3 is 14.7 Å². The second-order valence-electron chi connectivity index (χ2n) is 5.30. The van der Waals surface area contributed by atoms with E-state index in [0.29, 0.717) is 6.42 Å². The lowest BCUT2D eigenvalue weighted by Crippen LogP contribution is -2.38. The van der Waals surface area contributed by atoms with Gasteiger partial charge >= 0.3 is 5.97 Å². The number of carbonyl (C=O) groups is 2. The van der Waals surface area contributed by atoms with Crippen molar-refractivity contribution in [3.05, 3.63) is 35.4 Å². The molecule has 1 N–H and O–H groups in total. The number of methoxy groups -OCH3 is 1. The molecule has 5 nitrogen and oxygen atoms in total. The summed E-state index contributed by atoms with van der Waals surface area (Å²) in [5.74, 6) is -2.73. The molecule has 1 heterocycles. The van der Waals surface area contributed by atoms with Gasteiger partial charge in [-0.3, -0.25) is 9.59 Å². The second-order valence-corrected chi connectivity index (χ2v) is 5.30.